The van der Waals surface area contributed by atoms with Crippen molar-refractivity contribution < 1.29 is 4.74 Å². The minimum absolute atomic E-state index is 0.867. The predicted molar refractivity (Wildman–Crippen MR) is 79.8 cm³/mol. The molecule has 0 amide bonds. The van der Waals surface area contributed by atoms with E-state index in [2.05, 4.69) is 36.6 Å². The molecule has 3 heteroatoms. The van der Waals surface area contributed by atoms with Gasteiger partial charge >= 0.3 is 0 Å². The third-order valence-electron chi connectivity index (χ3n) is 4.06. The van der Waals surface area contributed by atoms with Crippen molar-refractivity contribution >= 4 is 0 Å². The van der Waals surface area contributed by atoms with Gasteiger partial charge in [-0.25, -0.2) is 0 Å². The van der Waals surface area contributed by atoms with Gasteiger partial charge in [0.1, 0.15) is 5.75 Å². The van der Waals surface area contributed by atoms with Gasteiger partial charge in [-0.1, -0.05) is 6.07 Å². The highest BCUT2D eigenvalue weighted by atomic mass is 16.5. The van der Waals surface area contributed by atoms with Crippen LogP contribution in [0.1, 0.15) is 29.5 Å². The quantitative estimate of drug-likeness (QED) is 0.772. The lowest BCUT2D eigenvalue weighted by atomic mass is 10.0. The van der Waals surface area contributed by atoms with Crippen LogP contribution in [-0.4, -0.2) is 26.7 Å². The summed E-state index contributed by atoms with van der Waals surface area (Å²) < 4.78 is 5.35. The number of aryl methyl sites for hydroxylation is 2. The molecular weight excluding hydrogens is 236 g/mol. The van der Waals surface area contributed by atoms with E-state index in [0.717, 1.165) is 24.8 Å². The van der Waals surface area contributed by atoms with Gasteiger partial charge in [-0.15, -0.1) is 0 Å². The monoisotopic (exact) mass is 262 g/mol. The van der Waals surface area contributed by atoms with E-state index < -0.39 is 0 Å². The van der Waals surface area contributed by atoms with Crippen LogP contribution in [-0.2, 0) is 6.54 Å². The average molecular weight is 262 g/mol. The van der Waals surface area contributed by atoms with E-state index in [1.165, 1.54) is 42.6 Å². The Kier molecular flexibility index (Phi) is 5.23. The molecule has 0 saturated carbocycles. The summed E-state index contributed by atoms with van der Waals surface area (Å²) in [6.07, 6.45) is 2.61. The van der Waals surface area contributed by atoms with E-state index in [1.54, 1.807) is 7.11 Å². The maximum Gasteiger partial charge on any atom is 0.122 e. The van der Waals surface area contributed by atoms with Crippen LogP contribution < -0.4 is 15.4 Å². The first kappa shape index (κ1) is 14.4. The Morgan fingerprint density at radius 3 is 2.84 bits per heavy atom. The standard InChI is InChI=1S/C16H26N2O/c1-12-9-16(19-3)13(2)8-15(12)11-18-7-5-14-4-6-17-10-14/h8-9,14,17-18H,4-7,10-11H2,1-3H3. The number of nitrogens with one attached hydrogen (secondary N) is 2. The summed E-state index contributed by atoms with van der Waals surface area (Å²) in [5.74, 6) is 1.85. The van der Waals surface area contributed by atoms with Crippen molar-refractivity contribution in [3.05, 3.63) is 28.8 Å². The van der Waals surface area contributed by atoms with Crippen LogP contribution >= 0.6 is 0 Å². The van der Waals surface area contributed by atoms with Crippen molar-refractivity contribution in [3.63, 3.8) is 0 Å². The van der Waals surface area contributed by atoms with E-state index in [0.29, 0.717) is 0 Å². The molecule has 3 nitrogen and oxygen atoms in total. The van der Waals surface area contributed by atoms with Crippen molar-refractivity contribution in [2.45, 2.75) is 33.2 Å². The highest BCUT2D eigenvalue weighted by Gasteiger charge is 2.13. The molecule has 19 heavy (non-hydrogen) atoms. The lowest BCUT2D eigenvalue weighted by molar-refractivity contribution is 0.411. The molecule has 1 unspecified atom stereocenters. The third kappa shape index (κ3) is 3.95. The molecule has 0 spiro atoms. The SMILES string of the molecule is COc1cc(C)c(CNCCC2CCNC2)cc1C. The second-order valence-corrected chi connectivity index (χ2v) is 5.57. The fourth-order valence-corrected chi connectivity index (χ4v) is 2.75. The van der Waals surface area contributed by atoms with Crippen LogP contribution in [0.2, 0.25) is 0 Å². The van der Waals surface area contributed by atoms with E-state index in [4.69, 9.17) is 4.74 Å². The Hall–Kier alpha value is -1.06. The number of methoxy groups -OCH3 is 1. The zero-order chi connectivity index (χ0) is 13.7. The summed E-state index contributed by atoms with van der Waals surface area (Å²) in [4.78, 5) is 0. The molecule has 1 heterocycles. The Labute approximate surface area is 116 Å². The Balaban J connectivity index is 1.80. The fourth-order valence-electron chi connectivity index (χ4n) is 2.75. The van der Waals surface area contributed by atoms with Crippen molar-refractivity contribution in [2.75, 3.05) is 26.7 Å². The van der Waals surface area contributed by atoms with Crippen LogP contribution in [0.25, 0.3) is 0 Å². The summed E-state index contributed by atoms with van der Waals surface area (Å²) in [6, 6.07) is 4.37. The summed E-state index contributed by atoms with van der Waals surface area (Å²) in [7, 11) is 1.73. The normalized spacial score (nSPS) is 18.8. The largest absolute Gasteiger partial charge is 0.496 e. The lowest BCUT2D eigenvalue weighted by Gasteiger charge is -2.13. The number of hydrogen-bond donors (Lipinski definition) is 2. The topological polar surface area (TPSA) is 33.3 Å². The third-order valence-corrected chi connectivity index (χ3v) is 4.06. The minimum atomic E-state index is 0.867. The van der Waals surface area contributed by atoms with E-state index in [9.17, 15) is 0 Å². The second kappa shape index (κ2) is 6.92. The molecule has 0 aliphatic carbocycles. The number of ether oxygens (including phenoxy) is 1. The van der Waals surface area contributed by atoms with Crippen LogP contribution in [0.5, 0.6) is 5.75 Å². The van der Waals surface area contributed by atoms with Crippen molar-refractivity contribution in [3.8, 4) is 5.75 Å². The molecule has 1 aromatic carbocycles. The van der Waals surface area contributed by atoms with Gasteiger partial charge in [0, 0.05) is 6.54 Å². The van der Waals surface area contributed by atoms with E-state index >= 15 is 0 Å². The Morgan fingerprint density at radius 2 is 2.16 bits per heavy atom. The van der Waals surface area contributed by atoms with Gasteiger partial charge in [0.25, 0.3) is 0 Å². The van der Waals surface area contributed by atoms with Gasteiger partial charge in [0.05, 0.1) is 7.11 Å². The second-order valence-electron chi connectivity index (χ2n) is 5.57. The molecule has 0 aromatic heterocycles. The van der Waals surface area contributed by atoms with Crippen LogP contribution in [0, 0.1) is 19.8 Å². The molecule has 1 fully saturated rings. The minimum Gasteiger partial charge on any atom is -0.496 e. The van der Waals surface area contributed by atoms with Gasteiger partial charge in [-0.2, -0.15) is 0 Å². The average Bonchev–Trinajstić information content (AvgIpc) is 2.91. The highest BCUT2D eigenvalue weighted by molar-refractivity contribution is 5.41. The molecule has 1 aromatic rings. The summed E-state index contributed by atoms with van der Waals surface area (Å²) >= 11 is 0. The molecule has 0 radical (unpaired) electrons. The first-order valence-corrected chi connectivity index (χ1v) is 7.26. The molecule has 106 valence electrons. The van der Waals surface area contributed by atoms with Crippen LogP contribution in [0.15, 0.2) is 12.1 Å². The van der Waals surface area contributed by atoms with Crippen LogP contribution in [0.3, 0.4) is 0 Å². The molecular formula is C16H26N2O. The van der Waals surface area contributed by atoms with Gasteiger partial charge in [0.15, 0.2) is 0 Å². The van der Waals surface area contributed by atoms with E-state index in [-0.39, 0.29) is 0 Å². The molecule has 0 bridgehead atoms. The van der Waals surface area contributed by atoms with Gasteiger partial charge in [-0.3, -0.25) is 0 Å². The van der Waals surface area contributed by atoms with Crippen molar-refractivity contribution in [1.29, 1.82) is 0 Å². The van der Waals surface area contributed by atoms with Gasteiger partial charge in [-0.05, 0) is 75.0 Å². The molecule has 1 aliphatic rings. The summed E-state index contributed by atoms with van der Waals surface area (Å²) in [5, 5.41) is 6.98. The van der Waals surface area contributed by atoms with Crippen molar-refractivity contribution in [1.82, 2.24) is 10.6 Å². The zero-order valence-electron chi connectivity index (χ0n) is 12.4. The smallest absolute Gasteiger partial charge is 0.122 e. The zero-order valence-corrected chi connectivity index (χ0v) is 12.4. The van der Waals surface area contributed by atoms with Crippen molar-refractivity contribution in [2.24, 2.45) is 5.92 Å². The Bertz CT molecular complexity index is 411. The maximum atomic E-state index is 5.35. The molecule has 2 rings (SSSR count). The Morgan fingerprint density at radius 1 is 1.32 bits per heavy atom. The molecule has 1 saturated heterocycles. The van der Waals surface area contributed by atoms with Gasteiger partial charge < -0.3 is 15.4 Å². The fraction of sp³-hybridized carbons (Fsp3) is 0.625. The molecule has 2 N–H and O–H groups in total. The molecule has 1 aliphatic heterocycles. The number of rotatable bonds is 6. The van der Waals surface area contributed by atoms with Crippen LogP contribution in [0.4, 0.5) is 0 Å². The number of benzene rings is 1. The maximum absolute atomic E-state index is 5.35. The summed E-state index contributed by atoms with van der Waals surface area (Å²) in [5.41, 5.74) is 3.89. The predicted octanol–water partition coefficient (Wildman–Crippen LogP) is 2.40. The van der Waals surface area contributed by atoms with E-state index in [1.807, 2.05) is 0 Å². The molecule has 1 atom stereocenters. The van der Waals surface area contributed by atoms with Gasteiger partial charge in [0.2, 0.25) is 0 Å². The highest BCUT2D eigenvalue weighted by Crippen LogP contribution is 2.22. The number of hydrogen-bond acceptors (Lipinski definition) is 3. The lowest BCUT2D eigenvalue weighted by Crippen LogP contribution is -2.19. The first-order valence-electron chi connectivity index (χ1n) is 7.26. The first-order chi connectivity index (χ1) is 9.20. The summed E-state index contributed by atoms with van der Waals surface area (Å²) in [6.45, 7) is 8.71.